The summed E-state index contributed by atoms with van der Waals surface area (Å²) < 4.78 is 36.9. The van der Waals surface area contributed by atoms with Gasteiger partial charge < -0.3 is 0 Å². The summed E-state index contributed by atoms with van der Waals surface area (Å²) in [5.74, 6) is -0.534. The third-order valence-electron chi connectivity index (χ3n) is 1.49. The maximum atomic E-state index is 13.2. The molecular weight excluding hydrogens is 217 g/mol. The second-order valence-corrected chi connectivity index (χ2v) is 4.56. The Morgan fingerprint density at radius 1 is 1.27 bits per heavy atom. The second-order valence-electron chi connectivity index (χ2n) is 2.81. The first kappa shape index (κ1) is 13.9. The number of sulfonamides is 1. The third-order valence-corrected chi connectivity index (χ3v) is 2.08. The number of rotatable bonds is 2. The van der Waals surface area contributed by atoms with Crippen molar-refractivity contribution < 1.29 is 12.8 Å². The first-order valence-corrected chi connectivity index (χ1v) is 6.52. The van der Waals surface area contributed by atoms with E-state index in [1.807, 2.05) is 13.8 Å². The van der Waals surface area contributed by atoms with Crippen LogP contribution in [-0.4, -0.2) is 14.7 Å². The summed E-state index contributed by atoms with van der Waals surface area (Å²) in [5.41, 5.74) is 0.399. The van der Waals surface area contributed by atoms with Crippen LogP contribution in [0.2, 0.25) is 0 Å². The van der Waals surface area contributed by atoms with Crippen LogP contribution in [0.4, 0.5) is 10.1 Å². The van der Waals surface area contributed by atoms with Crippen LogP contribution in [0.15, 0.2) is 18.2 Å². The minimum Gasteiger partial charge on any atom is -0.281 e. The van der Waals surface area contributed by atoms with Gasteiger partial charge in [0.2, 0.25) is 10.0 Å². The van der Waals surface area contributed by atoms with Crippen molar-refractivity contribution in [2.24, 2.45) is 0 Å². The van der Waals surface area contributed by atoms with E-state index in [9.17, 15) is 12.8 Å². The van der Waals surface area contributed by atoms with Gasteiger partial charge in [0.1, 0.15) is 5.82 Å². The average molecular weight is 233 g/mol. The molecule has 0 radical (unpaired) electrons. The summed E-state index contributed by atoms with van der Waals surface area (Å²) in [6.45, 7) is 5.57. The van der Waals surface area contributed by atoms with Gasteiger partial charge in [0, 0.05) is 0 Å². The predicted octanol–water partition coefficient (Wildman–Crippen LogP) is 2.53. The van der Waals surface area contributed by atoms with Crippen LogP contribution in [0.25, 0.3) is 0 Å². The Balaban J connectivity index is 0.000000921. The molecule has 1 N–H and O–H groups in total. The van der Waals surface area contributed by atoms with Crippen molar-refractivity contribution in [3.63, 3.8) is 0 Å². The second kappa shape index (κ2) is 5.70. The molecule has 1 rings (SSSR count). The largest absolute Gasteiger partial charge is 0.281 e. The molecule has 0 bridgehead atoms. The number of nitrogens with one attached hydrogen (secondary N) is 1. The molecule has 0 amide bonds. The molecule has 1 aromatic carbocycles. The van der Waals surface area contributed by atoms with E-state index in [1.54, 1.807) is 19.1 Å². The van der Waals surface area contributed by atoms with Crippen LogP contribution in [0.3, 0.4) is 0 Å². The molecule has 1 aromatic rings. The molecule has 0 aliphatic heterocycles. The number of hydrogen-bond acceptors (Lipinski definition) is 2. The van der Waals surface area contributed by atoms with Crippen LogP contribution < -0.4 is 4.72 Å². The van der Waals surface area contributed by atoms with E-state index in [2.05, 4.69) is 4.72 Å². The van der Waals surface area contributed by atoms with Gasteiger partial charge in [-0.05, 0) is 18.6 Å². The van der Waals surface area contributed by atoms with Gasteiger partial charge in [-0.3, -0.25) is 4.72 Å². The predicted molar refractivity (Wildman–Crippen MR) is 61.0 cm³/mol. The Labute approximate surface area is 90.4 Å². The highest BCUT2D eigenvalue weighted by Crippen LogP contribution is 2.17. The molecule has 5 heteroatoms. The van der Waals surface area contributed by atoms with E-state index in [-0.39, 0.29) is 5.69 Å². The lowest BCUT2D eigenvalue weighted by atomic mass is 10.2. The lowest BCUT2D eigenvalue weighted by molar-refractivity contribution is 0.602. The third kappa shape index (κ3) is 4.78. The molecule has 0 atom stereocenters. The van der Waals surface area contributed by atoms with Gasteiger partial charge in [0.25, 0.3) is 0 Å². The normalized spacial score (nSPS) is 10.2. The van der Waals surface area contributed by atoms with Crippen molar-refractivity contribution in [1.29, 1.82) is 0 Å². The molecule has 0 aliphatic rings. The molecule has 0 saturated heterocycles. The molecule has 3 nitrogen and oxygen atoms in total. The van der Waals surface area contributed by atoms with Gasteiger partial charge in [-0.2, -0.15) is 0 Å². The van der Waals surface area contributed by atoms with Gasteiger partial charge in [-0.15, -0.1) is 0 Å². The van der Waals surface area contributed by atoms with Gasteiger partial charge in [-0.1, -0.05) is 26.0 Å². The highest BCUT2D eigenvalue weighted by atomic mass is 32.2. The van der Waals surface area contributed by atoms with Crippen LogP contribution in [0, 0.1) is 12.7 Å². The smallest absolute Gasteiger partial charge is 0.229 e. The Morgan fingerprint density at radius 2 is 1.80 bits per heavy atom. The minimum atomic E-state index is -3.41. The first-order chi connectivity index (χ1) is 6.90. The molecule has 15 heavy (non-hydrogen) atoms. The number of hydrogen-bond donors (Lipinski definition) is 1. The molecule has 0 aromatic heterocycles. The van der Waals surface area contributed by atoms with E-state index < -0.39 is 15.8 Å². The fourth-order valence-electron chi connectivity index (χ4n) is 0.926. The molecule has 0 spiro atoms. The van der Waals surface area contributed by atoms with Crippen molar-refractivity contribution in [3.8, 4) is 0 Å². The summed E-state index contributed by atoms with van der Waals surface area (Å²) in [5, 5.41) is 0. The molecule has 0 heterocycles. The average Bonchev–Trinajstić information content (AvgIpc) is 2.14. The number of anilines is 1. The monoisotopic (exact) mass is 233 g/mol. The lowest BCUT2D eigenvalue weighted by Crippen LogP contribution is -2.11. The molecule has 0 fully saturated rings. The van der Waals surface area contributed by atoms with Crippen molar-refractivity contribution >= 4 is 15.7 Å². The maximum Gasteiger partial charge on any atom is 0.229 e. The molecule has 0 saturated carbocycles. The van der Waals surface area contributed by atoms with Crippen LogP contribution in [0.5, 0.6) is 0 Å². The fraction of sp³-hybridized carbons (Fsp3) is 0.400. The SMILES string of the molecule is CC.Cc1cccc(NS(C)(=O)=O)c1F. The fourth-order valence-corrected chi connectivity index (χ4v) is 1.48. The number of halogens is 1. The molecule has 0 aliphatic carbocycles. The van der Waals surface area contributed by atoms with Crippen molar-refractivity contribution in [1.82, 2.24) is 0 Å². The van der Waals surface area contributed by atoms with E-state index in [4.69, 9.17) is 0 Å². The summed E-state index contributed by atoms with van der Waals surface area (Å²) in [6, 6.07) is 4.54. The van der Waals surface area contributed by atoms with Gasteiger partial charge in [0.05, 0.1) is 11.9 Å². The minimum absolute atomic E-state index is 0.0116. The van der Waals surface area contributed by atoms with Gasteiger partial charge in [0.15, 0.2) is 0 Å². The molecule has 86 valence electrons. The van der Waals surface area contributed by atoms with Gasteiger partial charge in [-0.25, -0.2) is 12.8 Å². The highest BCUT2D eigenvalue weighted by molar-refractivity contribution is 7.92. The Bertz CT molecular complexity index is 415. The van der Waals surface area contributed by atoms with E-state index in [1.165, 1.54) is 6.07 Å². The summed E-state index contributed by atoms with van der Waals surface area (Å²) in [7, 11) is -3.41. The Hall–Kier alpha value is -1.10. The zero-order chi connectivity index (χ0) is 12.1. The molecular formula is C10H16FNO2S. The van der Waals surface area contributed by atoms with Crippen LogP contribution in [0.1, 0.15) is 19.4 Å². The van der Waals surface area contributed by atoms with E-state index in [0.29, 0.717) is 5.56 Å². The van der Waals surface area contributed by atoms with Crippen molar-refractivity contribution in [3.05, 3.63) is 29.6 Å². The standard InChI is InChI=1S/C8H10FNO2S.C2H6/c1-6-4-3-5-7(8(6)9)10-13(2,11)12;1-2/h3-5,10H,1-2H3;1-2H3. The summed E-state index contributed by atoms with van der Waals surface area (Å²) in [6.07, 6.45) is 0.981. The zero-order valence-electron chi connectivity index (χ0n) is 9.33. The molecule has 0 unspecified atom stereocenters. The van der Waals surface area contributed by atoms with Crippen LogP contribution in [-0.2, 0) is 10.0 Å². The topological polar surface area (TPSA) is 46.2 Å². The zero-order valence-corrected chi connectivity index (χ0v) is 10.2. The quantitative estimate of drug-likeness (QED) is 0.853. The van der Waals surface area contributed by atoms with Gasteiger partial charge >= 0.3 is 0 Å². The number of benzene rings is 1. The Kier molecular flexibility index (Phi) is 5.28. The van der Waals surface area contributed by atoms with Crippen LogP contribution >= 0.6 is 0 Å². The maximum absolute atomic E-state index is 13.2. The number of aryl methyl sites for hydroxylation is 1. The summed E-state index contributed by atoms with van der Waals surface area (Å²) in [4.78, 5) is 0. The van der Waals surface area contributed by atoms with E-state index >= 15 is 0 Å². The Morgan fingerprint density at radius 3 is 2.27 bits per heavy atom. The van der Waals surface area contributed by atoms with E-state index in [0.717, 1.165) is 6.26 Å². The first-order valence-electron chi connectivity index (χ1n) is 4.63. The van der Waals surface area contributed by atoms with Crippen molar-refractivity contribution in [2.45, 2.75) is 20.8 Å². The summed E-state index contributed by atoms with van der Waals surface area (Å²) >= 11 is 0. The lowest BCUT2D eigenvalue weighted by Gasteiger charge is -2.05. The van der Waals surface area contributed by atoms with Crippen molar-refractivity contribution in [2.75, 3.05) is 11.0 Å². The highest BCUT2D eigenvalue weighted by Gasteiger charge is 2.08.